The Kier molecular flexibility index (Phi) is 4.29. The maximum absolute atomic E-state index is 12.3. The van der Waals surface area contributed by atoms with Crippen LogP contribution in [0.1, 0.15) is 22.6 Å². The first-order valence-electron chi connectivity index (χ1n) is 7.45. The number of esters is 1. The fourth-order valence-electron chi connectivity index (χ4n) is 2.94. The number of benzene rings is 2. The molecular weight excluding hydrogens is 288 g/mol. The van der Waals surface area contributed by atoms with Gasteiger partial charge in [-0.15, -0.1) is 0 Å². The number of carbonyl (C=O) groups excluding carboxylic acids is 1. The molecule has 2 aromatic rings. The van der Waals surface area contributed by atoms with E-state index in [1.165, 1.54) is 7.11 Å². The Morgan fingerprint density at radius 2 is 1.70 bits per heavy atom. The molecule has 0 saturated carbocycles. The first kappa shape index (κ1) is 15.1. The van der Waals surface area contributed by atoms with Gasteiger partial charge in [0.05, 0.1) is 19.8 Å². The lowest BCUT2D eigenvalue weighted by Gasteiger charge is -2.10. The summed E-state index contributed by atoms with van der Waals surface area (Å²) in [7, 11) is 2.97. The molecule has 0 bridgehead atoms. The third kappa shape index (κ3) is 2.78. The summed E-state index contributed by atoms with van der Waals surface area (Å²) in [6.07, 6.45) is 4.04. The van der Waals surface area contributed by atoms with Crippen LogP contribution in [-0.4, -0.2) is 20.2 Å². The molecule has 0 radical (unpaired) electrons. The summed E-state index contributed by atoms with van der Waals surface area (Å²) in [6.45, 7) is 0. The quantitative estimate of drug-likeness (QED) is 0.800. The molecule has 3 heteroatoms. The molecule has 0 unspecified atom stereocenters. The van der Waals surface area contributed by atoms with Gasteiger partial charge in [0.2, 0.25) is 0 Å². The molecule has 3 nitrogen and oxygen atoms in total. The average Bonchev–Trinajstić information content (AvgIpc) is 2.93. The molecule has 23 heavy (non-hydrogen) atoms. The Morgan fingerprint density at radius 1 is 1.00 bits per heavy atom. The molecule has 0 aromatic heterocycles. The summed E-state index contributed by atoms with van der Waals surface area (Å²) < 4.78 is 10.5. The van der Waals surface area contributed by atoms with E-state index in [2.05, 4.69) is 0 Å². The Hall–Kier alpha value is -2.81. The summed E-state index contributed by atoms with van der Waals surface area (Å²) in [6, 6.07) is 17.9. The number of rotatable bonds is 4. The third-order valence-corrected chi connectivity index (χ3v) is 3.99. The van der Waals surface area contributed by atoms with E-state index in [0.29, 0.717) is 11.3 Å². The predicted octanol–water partition coefficient (Wildman–Crippen LogP) is 4.03. The normalized spacial score (nSPS) is 16.5. The van der Waals surface area contributed by atoms with E-state index in [1.54, 1.807) is 7.11 Å². The Balaban J connectivity index is 2.07. The van der Waals surface area contributed by atoms with Crippen molar-refractivity contribution in [3.8, 4) is 0 Å². The van der Waals surface area contributed by atoms with Crippen LogP contribution in [0.15, 0.2) is 66.2 Å². The first-order chi connectivity index (χ1) is 11.3. The van der Waals surface area contributed by atoms with Crippen LogP contribution in [0.25, 0.3) is 11.8 Å². The molecule has 1 aliphatic rings. The fraction of sp³-hybridized carbons (Fsp3) is 0.150. The van der Waals surface area contributed by atoms with E-state index >= 15 is 0 Å². The van der Waals surface area contributed by atoms with Gasteiger partial charge in [0.15, 0.2) is 0 Å². The van der Waals surface area contributed by atoms with Crippen LogP contribution < -0.4 is 0 Å². The molecule has 116 valence electrons. The Morgan fingerprint density at radius 3 is 2.39 bits per heavy atom. The zero-order valence-electron chi connectivity index (χ0n) is 13.2. The van der Waals surface area contributed by atoms with E-state index in [-0.39, 0.29) is 11.9 Å². The van der Waals surface area contributed by atoms with Crippen molar-refractivity contribution >= 4 is 17.8 Å². The van der Waals surface area contributed by atoms with Crippen molar-refractivity contribution in [2.24, 2.45) is 0 Å². The highest BCUT2D eigenvalue weighted by Gasteiger charge is 2.35. The molecule has 0 saturated heterocycles. The van der Waals surface area contributed by atoms with Gasteiger partial charge in [0.1, 0.15) is 5.76 Å². The summed E-state index contributed by atoms with van der Waals surface area (Å²) in [5.74, 6) is 0.0599. The van der Waals surface area contributed by atoms with Gasteiger partial charge < -0.3 is 9.47 Å². The number of ether oxygens (including phenoxy) is 2. The number of allylic oxidation sites excluding steroid dienone is 1. The second-order valence-electron chi connectivity index (χ2n) is 5.27. The standard InChI is InChI=1S/C20H18O3/c1-22-19-17-11-7-6-10-15(17)16(18(19)20(21)23-2)13-12-14-8-4-3-5-9-14/h3-13,16H,1-2H3/b13-12+/t16-/m0/s1. The molecule has 2 aromatic carbocycles. The molecule has 3 rings (SSSR count). The molecular formula is C20H18O3. The van der Waals surface area contributed by atoms with Crippen molar-refractivity contribution in [1.29, 1.82) is 0 Å². The van der Waals surface area contributed by atoms with Gasteiger partial charge in [-0.05, 0) is 11.1 Å². The van der Waals surface area contributed by atoms with Crippen molar-refractivity contribution in [2.45, 2.75) is 5.92 Å². The minimum Gasteiger partial charge on any atom is -0.496 e. The monoisotopic (exact) mass is 306 g/mol. The minimum absolute atomic E-state index is 0.172. The van der Waals surface area contributed by atoms with Gasteiger partial charge in [-0.3, -0.25) is 0 Å². The summed E-state index contributed by atoms with van der Waals surface area (Å²) in [4.78, 5) is 12.3. The van der Waals surface area contributed by atoms with Crippen molar-refractivity contribution < 1.29 is 14.3 Å². The van der Waals surface area contributed by atoms with E-state index < -0.39 is 0 Å². The van der Waals surface area contributed by atoms with Crippen molar-refractivity contribution in [2.75, 3.05) is 14.2 Å². The van der Waals surface area contributed by atoms with Gasteiger partial charge in [0, 0.05) is 11.5 Å². The lowest BCUT2D eigenvalue weighted by molar-refractivity contribution is -0.136. The zero-order valence-corrected chi connectivity index (χ0v) is 13.2. The second kappa shape index (κ2) is 6.53. The summed E-state index contributed by atoms with van der Waals surface area (Å²) >= 11 is 0. The highest BCUT2D eigenvalue weighted by atomic mass is 16.5. The third-order valence-electron chi connectivity index (χ3n) is 3.99. The molecule has 0 aliphatic heterocycles. The van der Waals surface area contributed by atoms with Crippen LogP contribution in [0.2, 0.25) is 0 Å². The van der Waals surface area contributed by atoms with Gasteiger partial charge in [-0.1, -0.05) is 66.7 Å². The van der Waals surface area contributed by atoms with Gasteiger partial charge in [-0.2, -0.15) is 0 Å². The SMILES string of the molecule is COC(=O)C1=C(OC)c2ccccc2[C@@H]1/C=C/c1ccccc1. The Bertz CT molecular complexity index is 772. The maximum atomic E-state index is 12.3. The zero-order chi connectivity index (χ0) is 16.2. The Labute approximate surface area is 135 Å². The lowest BCUT2D eigenvalue weighted by atomic mass is 9.94. The summed E-state index contributed by atoms with van der Waals surface area (Å²) in [5, 5.41) is 0. The molecule has 1 atom stereocenters. The average molecular weight is 306 g/mol. The van der Waals surface area contributed by atoms with Crippen LogP contribution in [0, 0.1) is 0 Å². The highest BCUT2D eigenvalue weighted by Crippen LogP contribution is 2.43. The van der Waals surface area contributed by atoms with Gasteiger partial charge >= 0.3 is 5.97 Å². The van der Waals surface area contributed by atoms with Crippen LogP contribution >= 0.6 is 0 Å². The van der Waals surface area contributed by atoms with Crippen LogP contribution in [0.4, 0.5) is 0 Å². The molecule has 0 amide bonds. The molecule has 0 N–H and O–H groups in total. The van der Waals surface area contributed by atoms with E-state index in [4.69, 9.17) is 9.47 Å². The van der Waals surface area contributed by atoms with Crippen LogP contribution in [0.5, 0.6) is 0 Å². The first-order valence-corrected chi connectivity index (χ1v) is 7.45. The largest absolute Gasteiger partial charge is 0.496 e. The highest BCUT2D eigenvalue weighted by molar-refractivity contribution is 6.01. The number of hydrogen-bond acceptors (Lipinski definition) is 3. The molecule has 0 spiro atoms. The van der Waals surface area contributed by atoms with E-state index in [0.717, 1.165) is 16.7 Å². The smallest absolute Gasteiger partial charge is 0.338 e. The van der Waals surface area contributed by atoms with Crippen molar-refractivity contribution in [3.05, 3.63) is 82.9 Å². The molecule has 1 aliphatic carbocycles. The van der Waals surface area contributed by atoms with Crippen molar-refractivity contribution in [3.63, 3.8) is 0 Å². The van der Waals surface area contributed by atoms with E-state index in [1.807, 2.05) is 66.7 Å². The summed E-state index contributed by atoms with van der Waals surface area (Å²) in [5.41, 5.74) is 3.62. The topological polar surface area (TPSA) is 35.5 Å². The second-order valence-corrected chi connectivity index (χ2v) is 5.27. The fourth-order valence-corrected chi connectivity index (χ4v) is 2.94. The van der Waals surface area contributed by atoms with E-state index in [9.17, 15) is 4.79 Å². The van der Waals surface area contributed by atoms with Crippen LogP contribution in [-0.2, 0) is 14.3 Å². The number of carbonyl (C=O) groups is 1. The molecule has 0 fully saturated rings. The van der Waals surface area contributed by atoms with Gasteiger partial charge in [0.25, 0.3) is 0 Å². The number of methoxy groups -OCH3 is 2. The number of fused-ring (bicyclic) bond motifs is 1. The molecule has 0 heterocycles. The number of hydrogen-bond donors (Lipinski definition) is 0. The van der Waals surface area contributed by atoms with Crippen molar-refractivity contribution in [1.82, 2.24) is 0 Å². The minimum atomic E-state index is -0.360. The predicted molar refractivity (Wildman–Crippen MR) is 90.6 cm³/mol. The maximum Gasteiger partial charge on any atom is 0.338 e. The van der Waals surface area contributed by atoms with Crippen LogP contribution in [0.3, 0.4) is 0 Å². The van der Waals surface area contributed by atoms with Gasteiger partial charge in [-0.25, -0.2) is 4.79 Å². The lowest BCUT2D eigenvalue weighted by Crippen LogP contribution is -2.10.